The fraction of sp³-hybridized carbons (Fsp3) is 0.963. The lowest BCUT2D eigenvalue weighted by Gasteiger charge is -2.09. The Morgan fingerprint density at radius 3 is 1.31 bits per heavy atom. The lowest BCUT2D eigenvalue weighted by Crippen LogP contribution is -2.15. The van der Waals surface area contributed by atoms with Gasteiger partial charge in [0.1, 0.15) is 6.61 Å². The molecule has 0 bridgehead atoms. The summed E-state index contributed by atoms with van der Waals surface area (Å²) < 4.78 is 37.7. The summed E-state index contributed by atoms with van der Waals surface area (Å²) in [6.07, 6.45) is 11.9. The molecule has 0 atom stereocenters. The van der Waals surface area contributed by atoms with Crippen molar-refractivity contribution in [3.63, 3.8) is 0 Å². The first-order valence-electron chi connectivity index (χ1n) is 13.8. The third-order valence-corrected chi connectivity index (χ3v) is 5.14. The number of ether oxygens (including phenoxy) is 7. The third kappa shape index (κ3) is 31.2. The molecule has 210 valence electrons. The number of esters is 1. The number of carbonyl (C=O) groups is 1. The molecule has 8 nitrogen and oxygen atoms in total. The van der Waals surface area contributed by atoms with E-state index in [2.05, 4.69) is 6.92 Å². The van der Waals surface area contributed by atoms with E-state index in [-0.39, 0.29) is 12.1 Å². The molecule has 0 aliphatic rings. The van der Waals surface area contributed by atoms with Gasteiger partial charge >= 0.3 is 5.97 Å². The van der Waals surface area contributed by atoms with E-state index in [0.717, 1.165) is 12.8 Å². The van der Waals surface area contributed by atoms with Crippen molar-refractivity contribution in [1.29, 1.82) is 0 Å². The summed E-state index contributed by atoms with van der Waals surface area (Å²) in [6, 6.07) is 0. The average molecular weight is 507 g/mol. The lowest BCUT2D eigenvalue weighted by atomic mass is 10.1. The van der Waals surface area contributed by atoms with Gasteiger partial charge in [0.2, 0.25) is 0 Å². The zero-order valence-electron chi connectivity index (χ0n) is 22.9. The molecule has 0 N–H and O–H groups in total. The maximum absolute atomic E-state index is 11.7. The molecule has 0 spiro atoms. The molecule has 0 heterocycles. The molecule has 8 heteroatoms. The zero-order valence-corrected chi connectivity index (χ0v) is 22.9. The first-order chi connectivity index (χ1) is 17.2. The van der Waals surface area contributed by atoms with Crippen LogP contribution in [0.25, 0.3) is 0 Å². The second kappa shape index (κ2) is 29.5. The second-order valence-corrected chi connectivity index (χ2v) is 8.78. The van der Waals surface area contributed by atoms with Gasteiger partial charge in [-0.1, -0.05) is 58.3 Å². The Labute approximate surface area is 214 Å². The van der Waals surface area contributed by atoms with Crippen LogP contribution in [-0.2, 0) is 38.0 Å². The van der Waals surface area contributed by atoms with Crippen LogP contribution in [0.4, 0.5) is 0 Å². The van der Waals surface area contributed by atoms with Crippen LogP contribution in [-0.4, -0.2) is 91.4 Å². The third-order valence-electron chi connectivity index (χ3n) is 5.14. The van der Waals surface area contributed by atoms with Crippen LogP contribution in [0.1, 0.15) is 85.0 Å². The van der Waals surface area contributed by atoms with Crippen LogP contribution in [0.2, 0.25) is 0 Å². The Hall–Kier alpha value is -0.770. The first-order valence-corrected chi connectivity index (χ1v) is 13.8. The van der Waals surface area contributed by atoms with Gasteiger partial charge in [0.05, 0.1) is 78.8 Å². The maximum atomic E-state index is 11.7. The molecule has 0 saturated carbocycles. The van der Waals surface area contributed by atoms with E-state index in [1.165, 1.54) is 44.9 Å². The smallest absolute Gasteiger partial charge is 0.305 e. The van der Waals surface area contributed by atoms with Crippen molar-refractivity contribution in [2.45, 2.75) is 91.1 Å². The predicted molar refractivity (Wildman–Crippen MR) is 138 cm³/mol. The highest BCUT2D eigenvalue weighted by molar-refractivity contribution is 5.69. The molecule has 0 rings (SSSR count). The van der Waals surface area contributed by atoms with E-state index in [9.17, 15) is 4.79 Å². The SMILES string of the molecule is CCCCCCCCCCCC(=O)OCCOCCOCCOCCOCCOCCOC(C)C. The van der Waals surface area contributed by atoms with Gasteiger partial charge in [-0.3, -0.25) is 4.79 Å². The van der Waals surface area contributed by atoms with Gasteiger partial charge in [-0.15, -0.1) is 0 Å². The van der Waals surface area contributed by atoms with E-state index in [4.69, 9.17) is 33.2 Å². The van der Waals surface area contributed by atoms with E-state index < -0.39 is 0 Å². The van der Waals surface area contributed by atoms with E-state index in [1.54, 1.807) is 0 Å². The van der Waals surface area contributed by atoms with Crippen molar-refractivity contribution in [3.05, 3.63) is 0 Å². The lowest BCUT2D eigenvalue weighted by molar-refractivity contribution is -0.145. The Balaban J connectivity index is 3.13. The summed E-state index contributed by atoms with van der Waals surface area (Å²) in [5.74, 6) is -0.127. The minimum Gasteiger partial charge on any atom is -0.463 e. The number of rotatable bonds is 29. The molecule has 0 amide bonds. The van der Waals surface area contributed by atoms with Gasteiger partial charge in [-0.2, -0.15) is 0 Å². The van der Waals surface area contributed by atoms with Gasteiger partial charge in [0.15, 0.2) is 0 Å². The molecule has 0 fully saturated rings. The maximum Gasteiger partial charge on any atom is 0.305 e. The molecule has 0 radical (unpaired) electrons. The Morgan fingerprint density at radius 2 is 0.886 bits per heavy atom. The molecule has 0 aromatic heterocycles. The van der Waals surface area contributed by atoms with E-state index in [0.29, 0.717) is 85.7 Å². The van der Waals surface area contributed by atoms with Gasteiger partial charge in [0.25, 0.3) is 0 Å². The van der Waals surface area contributed by atoms with Crippen LogP contribution in [0.5, 0.6) is 0 Å². The van der Waals surface area contributed by atoms with E-state index in [1.807, 2.05) is 13.8 Å². The topological polar surface area (TPSA) is 81.7 Å². The molecule has 0 aromatic rings. The van der Waals surface area contributed by atoms with Gasteiger partial charge < -0.3 is 33.2 Å². The highest BCUT2D eigenvalue weighted by Crippen LogP contribution is 2.10. The Kier molecular flexibility index (Phi) is 28.8. The van der Waals surface area contributed by atoms with Crippen molar-refractivity contribution in [2.24, 2.45) is 0 Å². The highest BCUT2D eigenvalue weighted by Gasteiger charge is 2.02. The normalized spacial score (nSPS) is 11.4. The molecule has 0 saturated heterocycles. The van der Waals surface area contributed by atoms with E-state index >= 15 is 0 Å². The highest BCUT2D eigenvalue weighted by atomic mass is 16.6. The van der Waals surface area contributed by atoms with Crippen LogP contribution in [0, 0.1) is 0 Å². The van der Waals surface area contributed by atoms with Crippen molar-refractivity contribution >= 4 is 5.97 Å². The van der Waals surface area contributed by atoms with Gasteiger partial charge in [-0.05, 0) is 20.3 Å². The minimum atomic E-state index is -0.127. The quantitative estimate of drug-likeness (QED) is 0.104. The molecular formula is C27H54O8. The summed E-state index contributed by atoms with van der Waals surface area (Å²) in [4.78, 5) is 11.7. The molecule has 0 aliphatic carbocycles. The van der Waals surface area contributed by atoms with Gasteiger partial charge in [0, 0.05) is 6.42 Å². The Bertz CT molecular complexity index is 420. The standard InChI is InChI=1S/C27H54O8/c1-4-5-6-7-8-9-10-11-12-13-27(28)35-25-23-33-21-19-31-17-15-29-14-16-30-18-20-32-22-24-34-26(2)3/h26H,4-25H2,1-3H3. The first kappa shape index (κ1) is 34.2. The van der Waals surface area contributed by atoms with Crippen LogP contribution in [0.15, 0.2) is 0 Å². The number of unbranched alkanes of at least 4 members (excludes halogenated alkanes) is 8. The summed E-state index contributed by atoms with van der Waals surface area (Å²) in [5, 5.41) is 0. The summed E-state index contributed by atoms with van der Waals surface area (Å²) in [7, 11) is 0. The zero-order chi connectivity index (χ0) is 25.7. The fourth-order valence-corrected chi connectivity index (χ4v) is 3.19. The summed E-state index contributed by atoms with van der Waals surface area (Å²) in [6.45, 7) is 12.3. The largest absolute Gasteiger partial charge is 0.463 e. The molecule has 0 aliphatic heterocycles. The summed E-state index contributed by atoms with van der Waals surface area (Å²) >= 11 is 0. The van der Waals surface area contributed by atoms with Crippen molar-refractivity contribution in [1.82, 2.24) is 0 Å². The van der Waals surface area contributed by atoms with Crippen molar-refractivity contribution in [2.75, 3.05) is 79.3 Å². The molecule has 35 heavy (non-hydrogen) atoms. The monoisotopic (exact) mass is 506 g/mol. The number of hydrogen-bond donors (Lipinski definition) is 0. The van der Waals surface area contributed by atoms with Crippen LogP contribution >= 0.6 is 0 Å². The van der Waals surface area contributed by atoms with Crippen LogP contribution in [0.3, 0.4) is 0 Å². The van der Waals surface area contributed by atoms with Crippen molar-refractivity contribution < 1.29 is 38.0 Å². The van der Waals surface area contributed by atoms with Crippen LogP contribution < -0.4 is 0 Å². The van der Waals surface area contributed by atoms with Crippen molar-refractivity contribution in [3.8, 4) is 0 Å². The summed E-state index contributed by atoms with van der Waals surface area (Å²) in [5.41, 5.74) is 0. The molecule has 0 aromatic carbocycles. The predicted octanol–water partition coefficient (Wildman–Crippen LogP) is 4.96. The number of hydrogen-bond acceptors (Lipinski definition) is 8. The minimum absolute atomic E-state index is 0.127. The molecule has 0 unspecified atom stereocenters. The molecular weight excluding hydrogens is 452 g/mol. The average Bonchev–Trinajstić information content (AvgIpc) is 2.84. The fourth-order valence-electron chi connectivity index (χ4n) is 3.19. The number of carbonyl (C=O) groups excluding carboxylic acids is 1. The Morgan fingerprint density at radius 1 is 0.514 bits per heavy atom. The van der Waals surface area contributed by atoms with Gasteiger partial charge in [-0.25, -0.2) is 0 Å². The second-order valence-electron chi connectivity index (χ2n) is 8.78.